The third kappa shape index (κ3) is 4.81. The summed E-state index contributed by atoms with van der Waals surface area (Å²) in [6.45, 7) is 3.68. The smallest absolute Gasteiger partial charge is 0.215 e. The first-order valence-electron chi connectivity index (χ1n) is 6.35. The van der Waals surface area contributed by atoms with Crippen molar-refractivity contribution in [3.8, 4) is 0 Å². The molecule has 1 aromatic carbocycles. The van der Waals surface area contributed by atoms with Crippen molar-refractivity contribution < 1.29 is 13.5 Å². The quantitative estimate of drug-likeness (QED) is 0.657. The molecule has 6 heteroatoms. The van der Waals surface area contributed by atoms with Gasteiger partial charge < -0.3 is 10.8 Å². The molecule has 0 atom stereocenters. The number of sulfonamides is 1. The average molecular weight is 286 g/mol. The lowest BCUT2D eigenvalue weighted by Crippen LogP contribution is -2.42. The monoisotopic (exact) mass is 286 g/mol. The van der Waals surface area contributed by atoms with E-state index in [9.17, 15) is 13.5 Å². The molecule has 0 saturated carbocycles. The molecule has 5 nitrogen and oxygen atoms in total. The second-order valence-corrected chi connectivity index (χ2v) is 6.52. The van der Waals surface area contributed by atoms with Crippen LogP contribution in [0.2, 0.25) is 0 Å². The van der Waals surface area contributed by atoms with Gasteiger partial charge in [-0.2, -0.15) is 0 Å². The van der Waals surface area contributed by atoms with Gasteiger partial charge in [-0.25, -0.2) is 13.1 Å². The maximum absolute atomic E-state index is 12.0. The molecule has 0 amide bonds. The molecule has 0 radical (unpaired) electrons. The zero-order chi connectivity index (χ0) is 14.5. The van der Waals surface area contributed by atoms with E-state index >= 15 is 0 Å². The predicted octanol–water partition coefficient (Wildman–Crippen LogP) is 1.24. The van der Waals surface area contributed by atoms with E-state index in [2.05, 4.69) is 4.72 Å². The van der Waals surface area contributed by atoms with Crippen molar-refractivity contribution in [1.29, 1.82) is 0 Å². The lowest BCUT2D eigenvalue weighted by Gasteiger charge is -2.25. The largest absolute Gasteiger partial charge is 0.398 e. The van der Waals surface area contributed by atoms with E-state index in [1.807, 2.05) is 13.8 Å². The highest BCUT2D eigenvalue weighted by Crippen LogP contribution is 2.16. The number of nitrogens with one attached hydrogen (secondary N) is 1. The maximum Gasteiger partial charge on any atom is 0.215 e. The summed E-state index contributed by atoms with van der Waals surface area (Å²) < 4.78 is 26.3. The fourth-order valence-electron chi connectivity index (χ4n) is 1.67. The molecule has 19 heavy (non-hydrogen) atoms. The normalized spacial score (nSPS) is 12.6. The number of hydrogen-bond donors (Lipinski definition) is 3. The van der Waals surface area contributed by atoms with Crippen LogP contribution in [0, 0.1) is 0 Å². The lowest BCUT2D eigenvalue weighted by atomic mass is 9.98. The number of benzene rings is 1. The third-order valence-corrected chi connectivity index (χ3v) is 4.61. The Morgan fingerprint density at radius 2 is 1.84 bits per heavy atom. The Labute approximate surface area is 114 Å². The van der Waals surface area contributed by atoms with Crippen molar-refractivity contribution in [2.24, 2.45) is 0 Å². The molecule has 0 saturated heterocycles. The average Bonchev–Trinajstić information content (AvgIpc) is 2.39. The van der Waals surface area contributed by atoms with E-state index in [1.54, 1.807) is 24.3 Å². The summed E-state index contributed by atoms with van der Waals surface area (Å²) in [4.78, 5) is 0. The van der Waals surface area contributed by atoms with Gasteiger partial charge in [-0.05, 0) is 24.5 Å². The van der Waals surface area contributed by atoms with Gasteiger partial charge in [-0.1, -0.05) is 32.0 Å². The van der Waals surface area contributed by atoms with Gasteiger partial charge >= 0.3 is 0 Å². The van der Waals surface area contributed by atoms with Gasteiger partial charge in [0.05, 0.1) is 11.4 Å². The molecule has 0 aliphatic carbocycles. The van der Waals surface area contributed by atoms with Gasteiger partial charge in [0.1, 0.15) is 0 Å². The molecule has 0 aliphatic heterocycles. The lowest BCUT2D eigenvalue weighted by molar-refractivity contribution is 0.0377. The van der Waals surface area contributed by atoms with Crippen LogP contribution in [-0.2, 0) is 15.8 Å². The standard InChI is InChI=1S/C13H22N2O3S/c1-3-13(16,4-2)10-15-19(17,18)9-11-7-5-6-8-12(11)14/h5-8,15-16H,3-4,9-10,14H2,1-2H3. The van der Waals surface area contributed by atoms with Gasteiger partial charge in [0.2, 0.25) is 10.0 Å². The SMILES string of the molecule is CCC(O)(CC)CNS(=O)(=O)Cc1ccccc1N. The fraction of sp³-hybridized carbons (Fsp3) is 0.538. The van der Waals surface area contributed by atoms with Crippen LogP contribution in [0.25, 0.3) is 0 Å². The summed E-state index contributed by atoms with van der Waals surface area (Å²) in [6.07, 6.45) is 0.999. The highest BCUT2D eigenvalue weighted by Gasteiger charge is 2.25. The molecule has 0 heterocycles. The van der Waals surface area contributed by atoms with Crippen molar-refractivity contribution >= 4 is 15.7 Å². The Bertz CT molecular complexity index is 510. The molecule has 1 aromatic rings. The zero-order valence-corrected chi connectivity index (χ0v) is 12.2. The van der Waals surface area contributed by atoms with Crippen LogP contribution in [0.1, 0.15) is 32.3 Å². The molecule has 0 fully saturated rings. The Morgan fingerprint density at radius 3 is 2.37 bits per heavy atom. The van der Waals surface area contributed by atoms with Crippen molar-refractivity contribution in [1.82, 2.24) is 4.72 Å². The highest BCUT2D eigenvalue weighted by molar-refractivity contribution is 7.88. The van der Waals surface area contributed by atoms with Gasteiger partial charge in [0, 0.05) is 12.2 Å². The Hall–Kier alpha value is -1.11. The minimum Gasteiger partial charge on any atom is -0.398 e. The van der Waals surface area contributed by atoms with Gasteiger partial charge in [0.25, 0.3) is 0 Å². The first-order valence-corrected chi connectivity index (χ1v) is 8.00. The summed E-state index contributed by atoms with van der Waals surface area (Å²) in [5.74, 6) is -0.177. The van der Waals surface area contributed by atoms with Gasteiger partial charge in [-0.3, -0.25) is 0 Å². The first-order chi connectivity index (χ1) is 8.82. The fourth-order valence-corrected chi connectivity index (χ4v) is 2.93. The third-order valence-electron chi connectivity index (χ3n) is 3.34. The number of rotatable bonds is 7. The van der Waals surface area contributed by atoms with Crippen LogP contribution in [0.5, 0.6) is 0 Å². The van der Waals surface area contributed by atoms with Crippen molar-refractivity contribution in [2.45, 2.75) is 38.0 Å². The molecule has 4 N–H and O–H groups in total. The van der Waals surface area contributed by atoms with Crippen molar-refractivity contribution in [3.05, 3.63) is 29.8 Å². The molecule has 0 aromatic heterocycles. The van der Waals surface area contributed by atoms with Crippen LogP contribution in [0.3, 0.4) is 0 Å². The molecular weight excluding hydrogens is 264 g/mol. The van der Waals surface area contributed by atoms with E-state index < -0.39 is 15.6 Å². The van der Waals surface area contributed by atoms with Gasteiger partial charge in [0.15, 0.2) is 0 Å². The minimum absolute atomic E-state index is 0.0229. The summed E-state index contributed by atoms with van der Waals surface area (Å²) in [7, 11) is -3.50. The molecular formula is C13H22N2O3S. The second-order valence-electron chi connectivity index (χ2n) is 4.71. The molecule has 0 unspecified atom stereocenters. The van der Waals surface area contributed by atoms with Crippen LogP contribution >= 0.6 is 0 Å². The minimum atomic E-state index is -3.50. The molecule has 0 spiro atoms. The van der Waals surface area contributed by atoms with E-state index in [1.165, 1.54) is 0 Å². The Kier molecular flexibility index (Phi) is 5.34. The Morgan fingerprint density at radius 1 is 1.26 bits per heavy atom. The van der Waals surface area contributed by atoms with Crippen molar-refractivity contribution in [3.63, 3.8) is 0 Å². The molecule has 1 rings (SSSR count). The van der Waals surface area contributed by atoms with Crippen LogP contribution < -0.4 is 10.5 Å². The predicted molar refractivity (Wildman–Crippen MR) is 77.0 cm³/mol. The second kappa shape index (κ2) is 6.36. The van der Waals surface area contributed by atoms with E-state index in [4.69, 9.17) is 5.73 Å². The van der Waals surface area contributed by atoms with Crippen LogP contribution in [0.15, 0.2) is 24.3 Å². The van der Waals surface area contributed by atoms with Crippen molar-refractivity contribution in [2.75, 3.05) is 12.3 Å². The summed E-state index contributed by atoms with van der Waals surface area (Å²) >= 11 is 0. The Balaban J connectivity index is 2.70. The summed E-state index contributed by atoms with van der Waals surface area (Å²) in [5, 5.41) is 10.1. The summed E-state index contributed by atoms with van der Waals surface area (Å²) in [6, 6.07) is 6.85. The summed E-state index contributed by atoms with van der Waals surface area (Å²) in [5.41, 5.74) is 5.74. The van der Waals surface area contributed by atoms with Gasteiger partial charge in [-0.15, -0.1) is 0 Å². The van der Waals surface area contributed by atoms with E-state index in [-0.39, 0.29) is 12.3 Å². The van der Waals surface area contributed by atoms with Crippen LogP contribution in [-0.4, -0.2) is 25.7 Å². The molecule has 0 bridgehead atoms. The number of hydrogen-bond acceptors (Lipinski definition) is 4. The molecule has 108 valence electrons. The van der Waals surface area contributed by atoms with E-state index in [0.29, 0.717) is 24.1 Å². The molecule has 0 aliphatic rings. The topological polar surface area (TPSA) is 92.4 Å². The zero-order valence-electron chi connectivity index (χ0n) is 11.4. The number of anilines is 1. The maximum atomic E-state index is 12.0. The van der Waals surface area contributed by atoms with E-state index in [0.717, 1.165) is 0 Å². The van der Waals surface area contributed by atoms with Crippen LogP contribution in [0.4, 0.5) is 5.69 Å². The first kappa shape index (κ1) is 15.9. The highest BCUT2D eigenvalue weighted by atomic mass is 32.2. The number of nitrogens with two attached hydrogens (primary N) is 1. The number of aliphatic hydroxyl groups is 1. The number of nitrogen functional groups attached to an aromatic ring is 1. The number of para-hydroxylation sites is 1.